The molecule has 126 valence electrons. The highest BCUT2D eigenvalue weighted by Gasteiger charge is 2.56. The molecule has 3 fully saturated rings. The average molecular weight is 375 g/mol. The van der Waals surface area contributed by atoms with Crippen LogP contribution in [0.2, 0.25) is 0 Å². The highest BCUT2D eigenvalue weighted by atomic mass is 79.9. The van der Waals surface area contributed by atoms with Crippen molar-refractivity contribution in [3.63, 3.8) is 0 Å². The second-order valence-electron chi connectivity index (χ2n) is 7.41. The van der Waals surface area contributed by atoms with Gasteiger partial charge < -0.3 is 14.2 Å². The molecule has 0 N–H and O–H groups in total. The summed E-state index contributed by atoms with van der Waals surface area (Å²) < 4.78 is 18.3. The molecular formula is C17H27BrO4. The SMILES string of the molecule is CC(=O)C1CCC(C)(C(C)Br)OC12CCC1(CC2)OCCO1. The van der Waals surface area contributed by atoms with Crippen LogP contribution in [0.3, 0.4) is 0 Å². The summed E-state index contributed by atoms with van der Waals surface area (Å²) >= 11 is 3.70. The highest BCUT2D eigenvalue weighted by Crippen LogP contribution is 2.52. The van der Waals surface area contributed by atoms with Crippen LogP contribution in [-0.4, -0.2) is 40.8 Å². The molecule has 3 aliphatic rings. The van der Waals surface area contributed by atoms with E-state index in [0.717, 1.165) is 38.5 Å². The van der Waals surface area contributed by atoms with Crippen molar-refractivity contribution in [3.05, 3.63) is 0 Å². The lowest BCUT2D eigenvalue weighted by Gasteiger charge is -2.55. The molecule has 3 unspecified atom stereocenters. The first-order valence-electron chi connectivity index (χ1n) is 8.44. The Balaban J connectivity index is 1.82. The van der Waals surface area contributed by atoms with Gasteiger partial charge in [0.05, 0.1) is 24.4 Å². The fraction of sp³-hybridized carbons (Fsp3) is 0.941. The topological polar surface area (TPSA) is 44.8 Å². The zero-order chi connectivity index (χ0) is 16.0. The van der Waals surface area contributed by atoms with Crippen LogP contribution in [0.1, 0.15) is 59.3 Å². The maximum atomic E-state index is 12.2. The lowest BCUT2D eigenvalue weighted by molar-refractivity contribution is -0.260. The Morgan fingerprint density at radius 1 is 1.14 bits per heavy atom. The van der Waals surface area contributed by atoms with Crippen molar-refractivity contribution in [1.82, 2.24) is 0 Å². The molecule has 2 saturated heterocycles. The molecule has 4 nitrogen and oxygen atoms in total. The zero-order valence-corrected chi connectivity index (χ0v) is 15.4. The van der Waals surface area contributed by atoms with Crippen molar-refractivity contribution in [3.8, 4) is 0 Å². The second kappa shape index (κ2) is 5.83. The second-order valence-corrected chi connectivity index (χ2v) is 8.78. The van der Waals surface area contributed by atoms with Crippen LogP contribution >= 0.6 is 15.9 Å². The maximum absolute atomic E-state index is 12.2. The van der Waals surface area contributed by atoms with E-state index in [2.05, 4.69) is 29.8 Å². The van der Waals surface area contributed by atoms with Crippen molar-refractivity contribution < 1.29 is 19.0 Å². The fourth-order valence-electron chi connectivity index (χ4n) is 4.42. The number of rotatable bonds is 2. The van der Waals surface area contributed by atoms with E-state index in [-0.39, 0.29) is 27.7 Å². The minimum Gasteiger partial charge on any atom is -0.367 e. The number of carbonyl (C=O) groups is 1. The lowest BCUT2D eigenvalue weighted by Crippen LogP contribution is -2.60. The molecule has 2 heterocycles. The van der Waals surface area contributed by atoms with Crippen LogP contribution in [0.4, 0.5) is 0 Å². The third-order valence-corrected chi connectivity index (χ3v) is 6.97. The van der Waals surface area contributed by atoms with Crippen molar-refractivity contribution in [2.24, 2.45) is 5.92 Å². The number of hydrogen-bond acceptors (Lipinski definition) is 4. The molecule has 2 spiro atoms. The Kier molecular flexibility index (Phi) is 4.47. The van der Waals surface area contributed by atoms with Gasteiger partial charge in [-0.25, -0.2) is 0 Å². The number of hydrogen-bond donors (Lipinski definition) is 0. The van der Waals surface area contributed by atoms with E-state index in [9.17, 15) is 4.79 Å². The van der Waals surface area contributed by atoms with Crippen LogP contribution in [0.5, 0.6) is 0 Å². The number of Topliss-reactive ketones (excluding diaryl/α,β-unsaturated/α-hetero) is 1. The van der Waals surface area contributed by atoms with Gasteiger partial charge in [0.2, 0.25) is 0 Å². The fourth-order valence-corrected chi connectivity index (χ4v) is 4.75. The monoisotopic (exact) mass is 374 g/mol. The summed E-state index contributed by atoms with van der Waals surface area (Å²) in [5, 5.41) is 0. The van der Waals surface area contributed by atoms with Crippen LogP contribution in [-0.2, 0) is 19.0 Å². The Morgan fingerprint density at radius 3 is 2.23 bits per heavy atom. The normalized spacial score (nSPS) is 38.3. The Hall–Kier alpha value is 0.0300. The average Bonchev–Trinajstić information content (AvgIpc) is 2.91. The third-order valence-electron chi connectivity index (χ3n) is 6.00. The lowest BCUT2D eigenvalue weighted by atomic mass is 9.67. The maximum Gasteiger partial charge on any atom is 0.168 e. The van der Waals surface area contributed by atoms with Crippen molar-refractivity contribution in [2.45, 2.75) is 81.1 Å². The molecule has 22 heavy (non-hydrogen) atoms. The van der Waals surface area contributed by atoms with Gasteiger partial charge in [-0.2, -0.15) is 0 Å². The van der Waals surface area contributed by atoms with E-state index >= 15 is 0 Å². The van der Waals surface area contributed by atoms with Gasteiger partial charge in [-0.1, -0.05) is 15.9 Å². The molecule has 0 aromatic rings. The number of ketones is 1. The Morgan fingerprint density at radius 2 is 1.73 bits per heavy atom. The molecule has 0 bridgehead atoms. The quantitative estimate of drug-likeness (QED) is 0.692. The summed E-state index contributed by atoms with van der Waals surface area (Å²) in [5.41, 5.74) is -0.560. The number of halogens is 1. The smallest absolute Gasteiger partial charge is 0.168 e. The summed E-state index contributed by atoms with van der Waals surface area (Å²) in [7, 11) is 0. The third kappa shape index (κ3) is 2.79. The van der Waals surface area contributed by atoms with Crippen molar-refractivity contribution in [1.29, 1.82) is 0 Å². The first kappa shape index (κ1) is 16.9. The molecule has 0 amide bonds. The van der Waals surface area contributed by atoms with Crippen LogP contribution in [0.15, 0.2) is 0 Å². The summed E-state index contributed by atoms with van der Waals surface area (Å²) in [6, 6.07) is 0. The summed E-state index contributed by atoms with van der Waals surface area (Å²) in [6.45, 7) is 7.37. The molecule has 5 heteroatoms. The molecule has 0 aromatic carbocycles. The molecule has 2 aliphatic heterocycles. The first-order chi connectivity index (χ1) is 10.3. The summed E-state index contributed by atoms with van der Waals surface area (Å²) in [4.78, 5) is 12.5. The highest BCUT2D eigenvalue weighted by molar-refractivity contribution is 9.09. The van der Waals surface area contributed by atoms with Gasteiger partial charge in [0.25, 0.3) is 0 Å². The van der Waals surface area contributed by atoms with Gasteiger partial charge in [0.15, 0.2) is 5.79 Å². The van der Waals surface area contributed by atoms with E-state index in [1.54, 1.807) is 6.92 Å². The molecule has 0 aromatic heterocycles. The van der Waals surface area contributed by atoms with E-state index in [0.29, 0.717) is 13.2 Å². The number of alkyl halides is 1. The Bertz CT molecular complexity index is 434. The summed E-state index contributed by atoms with van der Waals surface area (Å²) in [6.07, 6.45) is 5.16. The molecule has 3 atom stereocenters. The predicted molar refractivity (Wildman–Crippen MR) is 87.1 cm³/mol. The number of ether oxygens (including phenoxy) is 3. The summed E-state index contributed by atoms with van der Waals surface area (Å²) in [5.74, 6) is -0.150. The van der Waals surface area contributed by atoms with Gasteiger partial charge in [0.1, 0.15) is 5.78 Å². The standard InChI is InChI=1S/C17H27BrO4/c1-12(19)14-4-5-15(3,13(2)18)22-16(14)6-8-17(9-7-16)20-10-11-21-17/h13-14H,4-11H2,1-3H3. The van der Waals surface area contributed by atoms with Gasteiger partial charge >= 0.3 is 0 Å². The minimum absolute atomic E-state index is 0.00516. The van der Waals surface area contributed by atoms with E-state index in [1.807, 2.05) is 0 Å². The van der Waals surface area contributed by atoms with E-state index < -0.39 is 5.79 Å². The van der Waals surface area contributed by atoms with Crippen LogP contribution in [0, 0.1) is 5.92 Å². The molecular weight excluding hydrogens is 348 g/mol. The van der Waals surface area contributed by atoms with Crippen LogP contribution < -0.4 is 0 Å². The van der Waals surface area contributed by atoms with Gasteiger partial charge in [0, 0.05) is 23.6 Å². The zero-order valence-electron chi connectivity index (χ0n) is 13.8. The van der Waals surface area contributed by atoms with Crippen molar-refractivity contribution >= 4 is 21.7 Å². The molecule has 1 aliphatic carbocycles. The molecule has 0 radical (unpaired) electrons. The first-order valence-corrected chi connectivity index (χ1v) is 9.35. The molecule has 3 rings (SSSR count). The van der Waals surface area contributed by atoms with E-state index in [4.69, 9.17) is 14.2 Å². The minimum atomic E-state index is -0.413. The molecule has 1 saturated carbocycles. The van der Waals surface area contributed by atoms with Gasteiger partial charge in [-0.15, -0.1) is 0 Å². The van der Waals surface area contributed by atoms with Gasteiger partial charge in [-0.05, 0) is 46.5 Å². The van der Waals surface area contributed by atoms with Crippen LogP contribution in [0.25, 0.3) is 0 Å². The predicted octanol–water partition coefficient (Wildman–Crippen LogP) is 3.60. The largest absolute Gasteiger partial charge is 0.367 e. The van der Waals surface area contributed by atoms with Gasteiger partial charge in [-0.3, -0.25) is 4.79 Å². The van der Waals surface area contributed by atoms with Crippen molar-refractivity contribution in [2.75, 3.05) is 13.2 Å². The number of carbonyl (C=O) groups excluding carboxylic acids is 1. The Labute approximate surface area is 141 Å². The van der Waals surface area contributed by atoms with E-state index in [1.165, 1.54) is 0 Å².